The molecule has 0 spiro atoms. The molecule has 0 aliphatic carbocycles. The third-order valence-corrected chi connectivity index (χ3v) is 1.41. The van der Waals surface area contributed by atoms with Gasteiger partial charge in [0.15, 0.2) is 0 Å². The molecule has 1 aliphatic heterocycles. The number of hydrogen-bond acceptors (Lipinski definition) is 4. The van der Waals surface area contributed by atoms with Crippen molar-refractivity contribution in [1.29, 1.82) is 0 Å². The van der Waals surface area contributed by atoms with Crippen molar-refractivity contribution in [1.82, 2.24) is 10.4 Å². The van der Waals surface area contributed by atoms with Crippen LogP contribution in [0.5, 0.6) is 0 Å². The van der Waals surface area contributed by atoms with E-state index in [0.717, 1.165) is 12.2 Å². The lowest BCUT2D eigenvalue weighted by molar-refractivity contribution is -0.140. The predicted molar refractivity (Wildman–Crippen MR) is 50.4 cm³/mol. The molecular weight excluding hydrogens is 200 g/mol. The van der Waals surface area contributed by atoms with Crippen LogP contribution in [-0.4, -0.2) is 28.5 Å². The average Bonchev–Trinajstić information content (AvgIpc) is 2.32. The van der Waals surface area contributed by atoms with Crippen LogP contribution in [0.25, 0.3) is 0 Å². The summed E-state index contributed by atoms with van der Waals surface area (Å²) in [6.07, 6.45) is 1.30. The molecule has 3 amide bonds. The molecule has 0 saturated heterocycles. The molecule has 1 rings (SSSR count). The molecule has 1 aliphatic rings. The molecule has 82 valence electrons. The zero-order chi connectivity index (χ0) is 11.6. The molecule has 0 bridgehead atoms. The third-order valence-electron chi connectivity index (χ3n) is 1.41. The smallest absolute Gasteiger partial charge is 0.427 e. The van der Waals surface area contributed by atoms with Crippen LogP contribution in [0.15, 0.2) is 12.2 Å². The van der Waals surface area contributed by atoms with Gasteiger partial charge < -0.3 is 4.74 Å². The van der Waals surface area contributed by atoms with E-state index >= 15 is 0 Å². The largest absolute Gasteiger partial charge is 0.443 e. The van der Waals surface area contributed by atoms with E-state index in [1.165, 1.54) is 0 Å². The standard InChI is InChI=1S/C9H12N2O4/c1-9(2,3)15-8(14)10-11-6(12)4-5-7(11)13/h4-5H,1-3H3,(H,10,14). The van der Waals surface area contributed by atoms with E-state index in [2.05, 4.69) is 0 Å². The van der Waals surface area contributed by atoms with Crippen molar-refractivity contribution in [3.8, 4) is 0 Å². The Kier molecular flexibility index (Phi) is 2.78. The Morgan fingerprint density at radius 3 is 2.13 bits per heavy atom. The van der Waals surface area contributed by atoms with E-state index in [0.29, 0.717) is 5.01 Å². The maximum Gasteiger partial charge on any atom is 0.427 e. The minimum Gasteiger partial charge on any atom is -0.443 e. The highest BCUT2D eigenvalue weighted by molar-refractivity contribution is 6.13. The summed E-state index contributed by atoms with van der Waals surface area (Å²) in [6, 6.07) is 0. The van der Waals surface area contributed by atoms with Gasteiger partial charge in [-0.25, -0.2) is 10.2 Å². The molecule has 0 aromatic heterocycles. The van der Waals surface area contributed by atoms with Crippen LogP contribution in [0, 0.1) is 0 Å². The second-order valence-corrected chi connectivity index (χ2v) is 3.96. The number of carbonyl (C=O) groups excluding carboxylic acids is 3. The van der Waals surface area contributed by atoms with Crippen molar-refractivity contribution in [2.75, 3.05) is 0 Å². The summed E-state index contributed by atoms with van der Waals surface area (Å²) in [5.74, 6) is -1.18. The first-order valence-electron chi connectivity index (χ1n) is 4.35. The molecule has 15 heavy (non-hydrogen) atoms. The second kappa shape index (κ2) is 3.72. The normalized spacial score (nSPS) is 15.8. The first-order chi connectivity index (χ1) is 6.79. The first-order valence-corrected chi connectivity index (χ1v) is 4.35. The Balaban J connectivity index is 2.53. The Morgan fingerprint density at radius 2 is 1.73 bits per heavy atom. The van der Waals surface area contributed by atoms with E-state index in [4.69, 9.17) is 4.74 Å². The molecule has 1 N–H and O–H groups in total. The topological polar surface area (TPSA) is 75.7 Å². The predicted octanol–water partition coefficient (Wildman–Crippen LogP) is 0.351. The Morgan fingerprint density at radius 1 is 1.27 bits per heavy atom. The molecule has 6 heteroatoms. The van der Waals surface area contributed by atoms with Crippen LogP contribution in [-0.2, 0) is 14.3 Å². The average molecular weight is 212 g/mol. The molecule has 6 nitrogen and oxygen atoms in total. The Labute approximate surface area is 86.8 Å². The van der Waals surface area contributed by atoms with E-state index in [-0.39, 0.29) is 0 Å². The maximum atomic E-state index is 11.2. The van der Waals surface area contributed by atoms with Gasteiger partial charge in [0.2, 0.25) is 0 Å². The van der Waals surface area contributed by atoms with Gasteiger partial charge in [-0.3, -0.25) is 9.59 Å². The first kappa shape index (κ1) is 11.2. The molecule has 0 saturated carbocycles. The van der Waals surface area contributed by atoms with Gasteiger partial charge in [0.05, 0.1) is 0 Å². The van der Waals surface area contributed by atoms with Crippen LogP contribution < -0.4 is 5.43 Å². The van der Waals surface area contributed by atoms with Gasteiger partial charge >= 0.3 is 6.09 Å². The highest BCUT2D eigenvalue weighted by Gasteiger charge is 2.27. The van der Waals surface area contributed by atoms with Gasteiger partial charge in [0.1, 0.15) is 5.60 Å². The Bertz CT molecular complexity index is 323. The Hall–Kier alpha value is -1.85. The van der Waals surface area contributed by atoms with Crippen LogP contribution in [0.3, 0.4) is 0 Å². The lowest BCUT2D eigenvalue weighted by atomic mass is 10.2. The number of hydrazine groups is 1. The molecular formula is C9H12N2O4. The van der Waals surface area contributed by atoms with Gasteiger partial charge in [0, 0.05) is 12.2 Å². The van der Waals surface area contributed by atoms with Crippen LogP contribution in [0.4, 0.5) is 4.79 Å². The van der Waals surface area contributed by atoms with E-state index < -0.39 is 23.5 Å². The summed E-state index contributed by atoms with van der Waals surface area (Å²) < 4.78 is 4.87. The summed E-state index contributed by atoms with van der Waals surface area (Å²) in [5.41, 5.74) is 1.37. The van der Waals surface area contributed by atoms with Crippen molar-refractivity contribution in [3.05, 3.63) is 12.2 Å². The van der Waals surface area contributed by atoms with Crippen molar-refractivity contribution in [2.24, 2.45) is 0 Å². The second-order valence-electron chi connectivity index (χ2n) is 3.96. The molecule has 0 radical (unpaired) electrons. The van der Waals surface area contributed by atoms with Crippen molar-refractivity contribution in [3.63, 3.8) is 0 Å². The number of hydrogen-bond donors (Lipinski definition) is 1. The summed E-state index contributed by atoms with van der Waals surface area (Å²) >= 11 is 0. The number of ether oxygens (including phenoxy) is 1. The fraction of sp³-hybridized carbons (Fsp3) is 0.444. The number of nitrogens with zero attached hydrogens (tertiary/aromatic N) is 1. The van der Waals surface area contributed by atoms with Gasteiger partial charge in [-0.15, -0.1) is 0 Å². The van der Waals surface area contributed by atoms with Crippen molar-refractivity contribution in [2.45, 2.75) is 26.4 Å². The van der Waals surface area contributed by atoms with Crippen LogP contribution in [0.2, 0.25) is 0 Å². The number of nitrogens with one attached hydrogen (secondary N) is 1. The summed E-state index contributed by atoms with van der Waals surface area (Å²) in [5, 5.41) is 0.591. The molecule has 0 aromatic rings. The van der Waals surface area contributed by atoms with Gasteiger partial charge in [-0.1, -0.05) is 0 Å². The number of carbonyl (C=O) groups is 3. The lowest BCUT2D eigenvalue weighted by Crippen LogP contribution is -2.47. The van der Waals surface area contributed by atoms with Crippen LogP contribution >= 0.6 is 0 Å². The molecule has 0 fully saturated rings. The summed E-state index contributed by atoms with van der Waals surface area (Å²) in [7, 11) is 0. The van der Waals surface area contributed by atoms with E-state index in [9.17, 15) is 14.4 Å². The number of amides is 3. The van der Waals surface area contributed by atoms with E-state index in [1.807, 2.05) is 5.43 Å². The zero-order valence-corrected chi connectivity index (χ0v) is 8.73. The quantitative estimate of drug-likeness (QED) is 0.636. The summed E-state index contributed by atoms with van der Waals surface area (Å²) in [6.45, 7) is 5.04. The summed E-state index contributed by atoms with van der Waals surface area (Å²) in [4.78, 5) is 33.3. The number of imide groups is 1. The molecule has 0 aromatic carbocycles. The van der Waals surface area contributed by atoms with Gasteiger partial charge in [-0.05, 0) is 20.8 Å². The van der Waals surface area contributed by atoms with Crippen molar-refractivity contribution < 1.29 is 19.1 Å². The van der Waals surface area contributed by atoms with Crippen LogP contribution in [0.1, 0.15) is 20.8 Å². The van der Waals surface area contributed by atoms with Gasteiger partial charge in [0.25, 0.3) is 11.8 Å². The number of rotatable bonds is 1. The monoisotopic (exact) mass is 212 g/mol. The van der Waals surface area contributed by atoms with Crippen molar-refractivity contribution >= 4 is 17.9 Å². The van der Waals surface area contributed by atoms with E-state index in [1.54, 1.807) is 20.8 Å². The zero-order valence-electron chi connectivity index (χ0n) is 8.73. The molecule has 0 atom stereocenters. The highest BCUT2D eigenvalue weighted by atomic mass is 16.6. The molecule has 1 heterocycles. The van der Waals surface area contributed by atoms with Gasteiger partial charge in [-0.2, -0.15) is 5.01 Å². The minimum absolute atomic E-state index is 0.591. The lowest BCUT2D eigenvalue weighted by Gasteiger charge is -2.22. The fourth-order valence-corrected chi connectivity index (χ4v) is 0.903. The minimum atomic E-state index is -0.840. The fourth-order valence-electron chi connectivity index (χ4n) is 0.903. The molecule has 0 unspecified atom stereocenters. The highest BCUT2D eigenvalue weighted by Crippen LogP contribution is 2.07. The SMILES string of the molecule is CC(C)(C)OC(=O)NN1C(=O)C=CC1=O. The third kappa shape index (κ3) is 3.08. The maximum absolute atomic E-state index is 11.2.